The van der Waals surface area contributed by atoms with Gasteiger partial charge in [-0.25, -0.2) is 9.78 Å². The van der Waals surface area contributed by atoms with E-state index in [0.29, 0.717) is 18.0 Å². The summed E-state index contributed by atoms with van der Waals surface area (Å²) >= 11 is 0. The molecule has 2 aromatic carbocycles. The molecule has 0 saturated heterocycles. The average molecular weight is 364 g/mol. The van der Waals surface area contributed by atoms with Crippen molar-refractivity contribution in [2.75, 3.05) is 19.0 Å². The van der Waals surface area contributed by atoms with E-state index in [4.69, 9.17) is 9.47 Å². The molecule has 3 aromatic rings. The van der Waals surface area contributed by atoms with Gasteiger partial charge in [-0.15, -0.1) is 0 Å². The average Bonchev–Trinajstić information content (AvgIpc) is 2.68. The van der Waals surface area contributed by atoms with E-state index in [2.05, 4.69) is 36.3 Å². The first-order valence-electron chi connectivity index (χ1n) is 9.04. The lowest BCUT2D eigenvalue weighted by atomic mass is 10.0. The third-order valence-corrected chi connectivity index (χ3v) is 4.34. The van der Waals surface area contributed by atoms with Crippen molar-refractivity contribution in [3.05, 3.63) is 59.8 Å². The molecule has 1 N–H and O–H groups in total. The predicted octanol–water partition coefficient (Wildman–Crippen LogP) is 5.29. The molecule has 0 unspecified atom stereocenters. The molecule has 27 heavy (non-hydrogen) atoms. The van der Waals surface area contributed by atoms with Crippen LogP contribution in [-0.4, -0.2) is 24.7 Å². The molecule has 0 atom stereocenters. The fraction of sp³-hybridized carbons (Fsp3) is 0.273. The Labute approximate surface area is 159 Å². The number of anilines is 2. The molecule has 0 aliphatic rings. The summed E-state index contributed by atoms with van der Waals surface area (Å²) in [6, 6.07) is 15.6. The van der Waals surface area contributed by atoms with Crippen molar-refractivity contribution in [1.82, 2.24) is 4.98 Å². The van der Waals surface area contributed by atoms with E-state index in [0.717, 1.165) is 22.5 Å². The van der Waals surface area contributed by atoms with E-state index >= 15 is 0 Å². The van der Waals surface area contributed by atoms with Crippen LogP contribution in [-0.2, 0) is 4.74 Å². The molecule has 0 spiro atoms. The van der Waals surface area contributed by atoms with Crippen LogP contribution >= 0.6 is 0 Å². The lowest BCUT2D eigenvalue weighted by molar-refractivity contribution is 0.0594. The number of aromatic nitrogens is 1. The van der Waals surface area contributed by atoms with Crippen LogP contribution in [0.1, 0.15) is 42.7 Å². The molecule has 1 aromatic heterocycles. The first-order valence-corrected chi connectivity index (χ1v) is 9.04. The van der Waals surface area contributed by atoms with Crippen LogP contribution in [0.5, 0.6) is 5.75 Å². The Morgan fingerprint density at radius 2 is 1.85 bits per heavy atom. The molecule has 0 radical (unpaired) electrons. The van der Waals surface area contributed by atoms with Gasteiger partial charge in [0, 0.05) is 11.1 Å². The Balaban J connectivity index is 2.06. The summed E-state index contributed by atoms with van der Waals surface area (Å²) in [5, 5.41) is 4.27. The van der Waals surface area contributed by atoms with E-state index in [9.17, 15) is 4.79 Å². The van der Waals surface area contributed by atoms with Gasteiger partial charge in [0.25, 0.3) is 0 Å². The maximum absolute atomic E-state index is 12.0. The Bertz CT molecular complexity index is 950. The van der Waals surface area contributed by atoms with E-state index in [1.54, 1.807) is 6.07 Å². The molecule has 0 fully saturated rings. The van der Waals surface area contributed by atoms with Crippen LogP contribution in [0.3, 0.4) is 0 Å². The van der Waals surface area contributed by atoms with Crippen molar-refractivity contribution in [2.24, 2.45) is 0 Å². The van der Waals surface area contributed by atoms with Gasteiger partial charge in [0.2, 0.25) is 0 Å². The van der Waals surface area contributed by atoms with Gasteiger partial charge in [0.05, 0.1) is 24.9 Å². The lowest BCUT2D eigenvalue weighted by Crippen LogP contribution is -2.06. The summed E-state index contributed by atoms with van der Waals surface area (Å²) in [7, 11) is 1.35. The van der Waals surface area contributed by atoms with Gasteiger partial charge in [-0.05, 0) is 54.8 Å². The molecule has 0 aliphatic heterocycles. The smallest absolute Gasteiger partial charge is 0.356 e. The van der Waals surface area contributed by atoms with E-state index in [1.165, 1.54) is 12.7 Å². The van der Waals surface area contributed by atoms with Crippen molar-refractivity contribution in [3.63, 3.8) is 0 Å². The van der Waals surface area contributed by atoms with Crippen molar-refractivity contribution < 1.29 is 14.3 Å². The minimum atomic E-state index is -0.469. The largest absolute Gasteiger partial charge is 0.494 e. The molecular weight excluding hydrogens is 340 g/mol. The number of ether oxygens (including phenoxy) is 2. The third kappa shape index (κ3) is 4.19. The number of benzene rings is 2. The molecular formula is C22H24N2O3. The topological polar surface area (TPSA) is 60.5 Å². The van der Waals surface area contributed by atoms with Crippen LogP contribution < -0.4 is 10.1 Å². The molecule has 140 valence electrons. The quantitative estimate of drug-likeness (QED) is 0.602. The summed E-state index contributed by atoms with van der Waals surface area (Å²) in [6.45, 7) is 6.85. The predicted molar refractivity (Wildman–Crippen MR) is 108 cm³/mol. The molecule has 5 heteroatoms. The number of nitrogens with one attached hydrogen (secondary N) is 1. The van der Waals surface area contributed by atoms with Gasteiger partial charge >= 0.3 is 5.97 Å². The number of rotatable bonds is 6. The highest BCUT2D eigenvalue weighted by atomic mass is 16.5. The molecule has 0 bridgehead atoms. The molecule has 0 saturated carbocycles. The number of carbonyl (C=O) groups is 1. The summed E-state index contributed by atoms with van der Waals surface area (Å²) < 4.78 is 10.5. The van der Waals surface area contributed by atoms with Gasteiger partial charge in [-0.2, -0.15) is 0 Å². The monoisotopic (exact) mass is 364 g/mol. The summed E-state index contributed by atoms with van der Waals surface area (Å²) in [5.74, 6) is 0.764. The standard InChI is InChI=1S/C22H24N2O3/c1-5-27-17-10-11-19-18(12-17)20(13-21(24-19)22(25)26-4)23-16-8-6-15(7-9-16)14(2)3/h6-14H,5H2,1-4H3,(H,23,24). The highest BCUT2D eigenvalue weighted by Crippen LogP contribution is 2.30. The van der Waals surface area contributed by atoms with E-state index in [1.807, 2.05) is 37.3 Å². The Kier molecular flexibility index (Phi) is 5.60. The van der Waals surface area contributed by atoms with Gasteiger partial charge in [-0.3, -0.25) is 0 Å². The normalized spacial score (nSPS) is 10.9. The van der Waals surface area contributed by atoms with Crippen LogP contribution in [0.25, 0.3) is 10.9 Å². The number of hydrogen-bond acceptors (Lipinski definition) is 5. The summed E-state index contributed by atoms with van der Waals surface area (Å²) in [5.41, 5.74) is 3.94. The molecule has 0 aliphatic carbocycles. The minimum Gasteiger partial charge on any atom is -0.494 e. The van der Waals surface area contributed by atoms with Crippen molar-refractivity contribution in [3.8, 4) is 5.75 Å². The van der Waals surface area contributed by atoms with E-state index < -0.39 is 5.97 Å². The van der Waals surface area contributed by atoms with Gasteiger partial charge in [0.1, 0.15) is 5.75 Å². The molecule has 1 heterocycles. The maximum Gasteiger partial charge on any atom is 0.356 e. The molecule has 5 nitrogen and oxygen atoms in total. The fourth-order valence-corrected chi connectivity index (χ4v) is 2.88. The lowest BCUT2D eigenvalue weighted by Gasteiger charge is -2.14. The minimum absolute atomic E-state index is 0.260. The van der Waals surface area contributed by atoms with Crippen LogP contribution in [0.2, 0.25) is 0 Å². The Morgan fingerprint density at radius 3 is 2.48 bits per heavy atom. The first kappa shape index (κ1) is 18.7. The Morgan fingerprint density at radius 1 is 1.11 bits per heavy atom. The number of pyridine rings is 1. The van der Waals surface area contributed by atoms with Crippen molar-refractivity contribution in [2.45, 2.75) is 26.7 Å². The highest BCUT2D eigenvalue weighted by Gasteiger charge is 2.13. The second-order valence-electron chi connectivity index (χ2n) is 6.56. The third-order valence-electron chi connectivity index (χ3n) is 4.34. The van der Waals surface area contributed by atoms with Crippen LogP contribution in [0, 0.1) is 0 Å². The number of methoxy groups -OCH3 is 1. The van der Waals surface area contributed by atoms with Gasteiger partial charge in [0.15, 0.2) is 5.69 Å². The summed E-state index contributed by atoms with van der Waals surface area (Å²) in [6.07, 6.45) is 0. The number of esters is 1. The van der Waals surface area contributed by atoms with Crippen LogP contribution in [0.4, 0.5) is 11.4 Å². The SMILES string of the molecule is CCOc1ccc2nc(C(=O)OC)cc(Nc3ccc(C(C)C)cc3)c2c1. The highest BCUT2D eigenvalue weighted by molar-refractivity contribution is 5.99. The maximum atomic E-state index is 12.0. The first-order chi connectivity index (χ1) is 13.0. The zero-order valence-corrected chi connectivity index (χ0v) is 16.1. The zero-order chi connectivity index (χ0) is 19.4. The number of hydrogen-bond donors (Lipinski definition) is 1. The summed E-state index contributed by atoms with van der Waals surface area (Å²) in [4.78, 5) is 16.4. The van der Waals surface area contributed by atoms with E-state index in [-0.39, 0.29) is 5.69 Å². The van der Waals surface area contributed by atoms with Gasteiger partial charge < -0.3 is 14.8 Å². The molecule has 3 rings (SSSR count). The second kappa shape index (κ2) is 8.08. The second-order valence-corrected chi connectivity index (χ2v) is 6.56. The number of nitrogens with zero attached hydrogens (tertiary/aromatic N) is 1. The van der Waals surface area contributed by atoms with Gasteiger partial charge in [-0.1, -0.05) is 26.0 Å². The fourth-order valence-electron chi connectivity index (χ4n) is 2.88. The zero-order valence-electron chi connectivity index (χ0n) is 16.1. The Hall–Kier alpha value is -3.08. The van der Waals surface area contributed by atoms with Crippen molar-refractivity contribution in [1.29, 1.82) is 0 Å². The van der Waals surface area contributed by atoms with Crippen LogP contribution in [0.15, 0.2) is 48.5 Å². The number of fused-ring (bicyclic) bond motifs is 1. The molecule has 0 amide bonds. The van der Waals surface area contributed by atoms with Crippen molar-refractivity contribution >= 4 is 28.2 Å². The number of carbonyl (C=O) groups excluding carboxylic acids is 1.